The summed E-state index contributed by atoms with van der Waals surface area (Å²) < 4.78 is 0. The van der Waals surface area contributed by atoms with Gasteiger partial charge in [-0.25, -0.2) is 4.79 Å². The molecule has 4 heteroatoms. The summed E-state index contributed by atoms with van der Waals surface area (Å²) in [7, 11) is 0. The molecule has 0 aromatic heterocycles. The number of rotatable bonds is 2. The molecule has 0 atom stereocenters. The Kier molecular flexibility index (Phi) is 3.09. The van der Waals surface area contributed by atoms with Gasteiger partial charge in [0.25, 0.3) is 0 Å². The predicted octanol–water partition coefficient (Wildman–Crippen LogP) is 1.12. The number of carboxylic acid groups (broad SMARTS) is 1. The van der Waals surface area contributed by atoms with E-state index in [1.807, 2.05) is 30.3 Å². The lowest BCUT2D eigenvalue weighted by Gasteiger charge is -2.25. The molecular formula is C11H13NO3. The van der Waals surface area contributed by atoms with Gasteiger partial charge in [-0.2, -0.15) is 0 Å². The molecule has 0 radical (unpaired) electrons. The van der Waals surface area contributed by atoms with Crippen LogP contribution in [-0.2, 0) is 15.1 Å². The van der Waals surface area contributed by atoms with Crippen LogP contribution >= 0.6 is 0 Å². The number of hydrogen-bond acceptors (Lipinski definition) is 2. The van der Waals surface area contributed by atoms with Crippen molar-refractivity contribution >= 4 is 11.9 Å². The van der Waals surface area contributed by atoms with E-state index in [0.29, 0.717) is 0 Å². The van der Waals surface area contributed by atoms with Gasteiger partial charge >= 0.3 is 11.9 Å². The van der Waals surface area contributed by atoms with Gasteiger partial charge in [0.05, 0.1) is 5.54 Å². The zero-order chi connectivity index (χ0) is 11.5. The predicted molar refractivity (Wildman–Crippen MR) is 55.2 cm³/mol. The maximum absolute atomic E-state index is 11.0. The molecular weight excluding hydrogens is 194 g/mol. The third-order valence-corrected chi connectivity index (χ3v) is 2.12. The average molecular weight is 207 g/mol. The molecule has 15 heavy (non-hydrogen) atoms. The van der Waals surface area contributed by atoms with Crippen LogP contribution in [0.4, 0.5) is 0 Å². The average Bonchev–Trinajstić information content (AvgIpc) is 2.18. The molecule has 0 heterocycles. The highest BCUT2D eigenvalue weighted by atomic mass is 16.4. The van der Waals surface area contributed by atoms with Crippen LogP contribution in [0.3, 0.4) is 0 Å². The third-order valence-electron chi connectivity index (χ3n) is 2.12. The number of hydrogen-bond donors (Lipinski definition) is 2. The van der Waals surface area contributed by atoms with Gasteiger partial charge in [-0.3, -0.25) is 4.79 Å². The van der Waals surface area contributed by atoms with E-state index in [1.165, 1.54) is 0 Å². The summed E-state index contributed by atoms with van der Waals surface area (Å²) in [5.41, 5.74) is 0.177. The molecule has 0 aliphatic rings. The highest BCUT2D eigenvalue weighted by Gasteiger charge is 2.25. The minimum absolute atomic E-state index is 0.684. The molecule has 80 valence electrons. The minimum Gasteiger partial charge on any atom is -0.474 e. The Morgan fingerprint density at radius 2 is 1.73 bits per heavy atom. The Morgan fingerprint density at radius 3 is 2.20 bits per heavy atom. The quantitative estimate of drug-likeness (QED) is 0.714. The standard InChI is InChI=1S/C11H13NO3/c1-11(2,12-9(13)10(14)15)8-6-4-3-5-7-8/h3-7H,1-2H3,(H,12,13)(H,14,15). The summed E-state index contributed by atoms with van der Waals surface area (Å²) in [6.45, 7) is 3.51. The van der Waals surface area contributed by atoms with Crippen LogP contribution in [0, 0.1) is 0 Å². The zero-order valence-corrected chi connectivity index (χ0v) is 8.65. The van der Waals surface area contributed by atoms with Gasteiger partial charge in [0.2, 0.25) is 0 Å². The summed E-state index contributed by atoms with van der Waals surface area (Å²) in [6, 6.07) is 9.21. The molecule has 1 rings (SSSR count). The van der Waals surface area contributed by atoms with Crippen LogP contribution < -0.4 is 5.32 Å². The molecule has 1 aromatic rings. The van der Waals surface area contributed by atoms with Gasteiger partial charge in [-0.05, 0) is 19.4 Å². The van der Waals surface area contributed by atoms with Crippen molar-refractivity contribution in [1.82, 2.24) is 5.32 Å². The monoisotopic (exact) mass is 207 g/mol. The third kappa shape index (κ3) is 2.80. The first-order chi connectivity index (χ1) is 6.93. The SMILES string of the molecule is CC(C)(NC(=O)C(=O)O)c1ccccc1. The van der Waals surface area contributed by atoms with E-state index >= 15 is 0 Å². The number of carboxylic acids is 1. The van der Waals surface area contributed by atoms with Crippen molar-refractivity contribution in [3.05, 3.63) is 35.9 Å². The summed E-state index contributed by atoms with van der Waals surface area (Å²) in [5.74, 6) is -2.47. The van der Waals surface area contributed by atoms with E-state index in [4.69, 9.17) is 5.11 Å². The van der Waals surface area contributed by atoms with Crippen LogP contribution in [-0.4, -0.2) is 17.0 Å². The number of nitrogens with one attached hydrogen (secondary N) is 1. The van der Waals surface area contributed by atoms with E-state index in [2.05, 4.69) is 5.32 Å². The first kappa shape index (κ1) is 11.2. The number of benzene rings is 1. The zero-order valence-electron chi connectivity index (χ0n) is 8.65. The number of carbonyl (C=O) groups is 2. The number of aliphatic carboxylic acids is 1. The Labute approximate surface area is 87.9 Å². The first-order valence-corrected chi connectivity index (χ1v) is 4.54. The van der Waals surface area contributed by atoms with Crippen LogP contribution in [0.5, 0.6) is 0 Å². The lowest BCUT2D eigenvalue weighted by atomic mass is 9.94. The highest BCUT2D eigenvalue weighted by Crippen LogP contribution is 2.18. The van der Waals surface area contributed by atoms with Crippen molar-refractivity contribution in [3.63, 3.8) is 0 Å². The van der Waals surface area contributed by atoms with Crippen LogP contribution in [0.2, 0.25) is 0 Å². The second-order valence-electron chi connectivity index (χ2n) is 3.75. The fraction of sp³-hybridized carbons (Fsp3) is 0.273. The molecule has 0 bridgehead atoms. The molecule has 0 unspecified atom stereocenters. The van der Waals surface area contributed by atoms with Crippen molar-refractivity contribution in [2.24, 2.45) is 0 Å². The van der Waals surface area contributed by atoms with E-state index in [0.717, 1.165) is 5.56 Å². The smallest absolute Gasteiger partial charge is 0.394 e. The molecule has 1 aromatic carbocycles. The van der Waals surface area contributed by atoms with Crippen molar-refractivity contribution in [2.75, 3.05) is 0 Å². The highest BCUT2D eigenvalue weighted by molar-refractivity contribution is 6.31. The number of carbonyl (C=O) groups excluding carboxylic acids is 1. The van der Waals surface area contributed by atoms with Gasteiger partial charge < -0.3 is 10.4 Å². The minimum atomic E-state index is -1.47. The van der Waals surface area contributed by atoms with Gasteiger partial charge in [0.1, 0.15) is 0 Å². The van der Waals surface area contributed by atoms with Gasteiger partial charge in [-0.1, -0.05) is 30.3 Å². The van der Waals surface area contributed by atoms with E-state index in [-0.39, 0.29) is 0 Å². The molecule has 0 aliphatic heterocycles. The normalized spacial score (nSPS) is 10.8. The second-order valence-corrected chi connectivity index (χ2v) is 3.75. The molecule has 0 spiro atoms. The largest absolute Gasteiger partial charge is 0.474 e. The molecule has 0 aliphatic carbocycles. The maximum Gasteiger partial charge on any atom is 0.394 e. The van der Waals surface area contributed by atoms with Crippen molar-refractivity contribution in [1.29, 1.82) is 0 Å². The van der Waals surface area contributed by atoms with Gasteiger partial charge in [0, 0.05) is 0 Å². The van der Waals surface area contributed by atoms with E-state index in [9.17, 15) is 9.59 Å². The molecule has 2 N–H and O–H groups in total. The summed E-state index contributed by atoms with van der Waals surface area (Å²) in [6.07, 6.45) is 0. The molecule has 4 nitrogen and oxygen atoms in total. The fourth-order valence-electron chi connectivity index (χ4n) is 1.26. The lowest BCUT2D eigenvalue weighted by Crippen LogP contribution is -2.44. The van der Waals surface area contributed by atoms with Crippen LogP contribution in [0.15, 0.2) is 30.3 Å². The fourth-order valence-corrected chi connectivity index (χ4v) is 1.26. The van der Waals surface area contributed by atoms with Gasteiger partial charge in [0.15, 0.2) is 0 Å². The molecule has 0 saturated heterocycles. The lowest BCUT2D eigenvalue weighted by molar-refractivity contribution is -0.151. The second kappa shape index (κ2) is 4.13. The van der Waals surface area contributed by atoms with E-state index in [1.54, 1.807) is 13.8 Å². The van der Waals surface area contributed by atoms with E-state index < -0.39 is 17.4 Å². The Bertz CT molecular complexity index is 371. The molecule has 0 fully saturated rings. The van der Waals surface area contributed by atoms with Crippen LogP contribution in [0.25, 0.3) is 0 Å². The first-order valence-electron chi connectivity index (χ1n) is 4.54. The summed E-state index contributed by atoms with van der Waals surface area (Å²) in [4.78, 5) is 21.4. The Hall–Kier alpha value is -1.84. The topological polar surface area (TPSA) is 66.4 Å². The molecule has 0 saturated carbocycles. The van der Waals surface area contributed by atoms with Crippen LogP contribution in [0.1, 0.15) is 19.4 Å². The Morgan fingerprint density at radius 1 is 1.20 bits per heavy atom. The summed E-state index contributed by atoms with van der Waals surface area (Å²) in [5, 5.41) is 10.9. The van der Waals surface area contributed by atoms with Gasteiger partial charge in [-0.15, -0.1) is 0 Å². The van der Waals surface area contributed by atoms with Crippen molar-refractivity contribution in [2.45, 2.75) is 19.4 Å². The maximum atomic E-state index is 11.0. The Balaban J connectivity index is 2.85. The van der Waals surface area contributed by atoms with Crippen molar-refractivity contribution in [3.8, 4) is 0 Å². The molecule has 1 amide bonds. The summed E-state index contributed by atoms with van der Waals surface area (Å²) >= 11 is 0. The van der Waals surface area contributed by atoms with Crippen molar-refractivity contribution < 1.29 is 14.7 Å². The number of amides is 1.